The van der Waals surface area contributed by atoms with E-state index in [-0.39, 0.29) is 35.8 Å². The lowest BCUT2D eigenvalue weighted by Crippen LogP contribution is -2.40. The highest BCUT2D eigenvalue weighted by molar-refractivity contribution is 5.92. The Morgan fingerprint density at radius 1 is 1.28 bits per heavy atom. The van der Waals surface area contributed by atoms with Gasteiger partial charge in [-0.05, 0) is 53.2 Å². The Morgan fingerprint density at radius 2 is 1.92 bits per heavy atom. The zero-order valence-corrected chi connectivity index (χ0v) is 15.6. The van der Waals surface area contributed by atoms with Gasteiger partial charge >= 0.3 is 6.09 Å². The second kappa shape index (κ2) is 8.13. The largest absolute Gasteiger partial charge is 0.444 e. The first kappa shape index (κ1) is 20.7. The summed E-state index contributed by atoms with van der Waals surface area (Å²) in [6, 6.07) is 1.55. The molecule has 2 N–H and O–H groups in total. The summed E-state index contributed by atoms with van der Waals surface area (Å²) in [6.45, 7) is 10.9. The van der Waals surface area contributed by atoms with Gasteiger partial charge < -0.3 is 15.4 Å². The minimum Gasteiger partial charge on any atom is -0.444 e. The van der Waals surface area contributed by atoms with Crippen LogP contribution in [0, 0.1) is 0 Å². The summed E-state index contributed by atoms with van der Waals surface area (Å²) in [5.74, 6) is -0.302. The van der Waals surface area contributed by atoms with Crippen molar-refractivity contribution in [2.45, 2.75) is 59.2 Å². The first-order valence-corrected chi connectivity index (χ1v) is 8.00. The summed E-state index contributed by atoms with van der Waals surface area (Å²) < 4.78 is 19.6. The molecule has 0 aliphatic heterocycles. The summed E-state index contributed by atoms with van der Waals surface area (Å²) in [5, 5.41) is 9.40. The van der Waals surface area contributed by atoms with Crippen LogP contribution in [0.3, 0.4) is 0 Å². The smallest absolute Gasteiger partial charge is 0.407 e. The molecule has 0 aliphatic carbocycles. The average Bonchev–Trinajstić information content (AvgIpc) is 2.88. The monoisotopic (exact) mass is 354 g/mol. The number of ether oxygens (including phenoxy) is 1. The molecule has 25 heavy (non-hydrogen) atoms. The fourth-order valence-electron chi connectivity index (χ4n) is 1.81. The van der Waals surface area contributed by atoms with Gasteiger partial charge in [0.05, 0.1) is 12.9 Å². The van der Waals surface area contributed by atoms with Gasteiger partial charge in [-0.1, -0.05) is 0 Å². The van der Waals surface area contributed by atoms with Crippen molar-refractivity contribution in [2.75, 3.05) is 6.54 Å². The van der Waals surface area contributed by atoms with E-state index in [9.17, 15) is 14.0 Å². The van der Waals surface area contributed by atoms with E-state index in [0.29, 0.717) is 6.33 Å². The van der Waals surface area contributed by atoms with Crippen LogP contribution in [0.2, 0.25) is 0 Å². The molecular formula is C17H27FN4O3. The van der Waals surface area contributed by atoms with Crippen LogP contribution >= 0.6 is 0 Å². The highest BCUT2D eigenvalue weighted by atomic mass is 19.1. The average molecular weight is 354 g/mol. The molecule has 0 spiro atoms. The topological polar surface area (TPSA) is 85.2 Å². The second-order valence-corrected chi connectivity index (χ2v) is 7.73. The normalized spacial score (nSPS) is 12.7. The Morgan fingerprint density at radius 3 is 2.44 bits per heavy atom. The number of amides is 2. The van der Waals surface area contributed by atoms with E-state index in [1.807, 2.05) is 20.8 Å². The van der Waals surface area contributed by atoms with Crippen molar-refractivity contribution in [3.05, 3.63) is 29.9 Å². The van der Waals surface area contributed by atoms with E-state index >= 15 is 0 Å². The highest BCUT2D eigenvalue weighted by Crippen LogP contribution is 2.08. The first-order valence-electron chi connectivity index (χ1n) is 8.00. The zero-order valence-electron chi connectivity index (χ0n) is 15.6. The van der Waals surface area contributed by atoms with Crippen LogP contribution in [0.5, 0.6) is 0 Å². The quantitative estimate of drug-likeness (QED) is 0.851. The number of rotatable bonds is 5. The van der Waals surface area contributed by atoms with Crippen molar-refractivity contribution in [3.8, 4) is 0 Å². The summed E-state index contributed by atoms with van der Waals surface area (Å²) in [4.78, 5) is 23.6. The number of hydrogen-bond acceptors (Lipinski definition) is 4. The van der Waals surface area contributed by atoms with Crippen LogP contribution in [-0.4, -0.2) is 39.5 Å². The molecule has 0 aromatic carbocycles. The van der Waals surface area contributed by atoms with E-state index in [0.717, 1.165) is 0 Å². The Bertz CT molecular complexity index is 639. The maximum Gasteiger partial charge on any atom is 0.407 e. The molecule has 1 aromatic rings. The standard InChI is InChI=1S/C17H27FN4O3/c1-16(2,3)20-14(23)13-7-8-22(21-13)11-12(9-18)10-19-15(24)25-17(4,5)6/h7-9H,10-11H2,1-6H3,(H,19,24)(H,20,23). The molecule has 0 bridgehead atoms. The molecule has 1 rings (SSSR count). The van der Waals surface area contributed by atoms with Crippen LogP contribution < -0.4 is 10.6 Å². The molecule has 0 saturated heterocycles. The third-order valence-electron chi connectivity index (χ3n) is 2.74. The lowest BCUT2D eigenvalue weighted by molar-refractivity contribution is 0.0531. The Hall–Kier alpha value is -2.38. The summed E-state index contributed by atoms with van der Waals surface area (Å²) >= 11 is 0. The van der Waals surface area contributed by atoms with Gasteiger partial charge in [-0.25, -0.2) is 9.18 Å². The molecule has 140 valence electrons. The fourth-order valence-corrected chi connectivity index (χ4v) is 1.81. The lowest BCUT2D eigenvalue weighted by atomic mass is 10.1. The third-order valence-corrected chi connectivity index (χ3v) is 2.74. The summed E-state index contributed by atoms with van der Waals surface area (Å²) in [5.41, 5.74) is -0.464. The maximum atomic E-state index is 13.0. The minimum atomic E-state index is -0.627. The number of alkyl carbamates (subject to hydrolysis) is 1. The number of halogens is 1. The Balaban J connectivity index is 2.59. The van der Waals surface area contributed by atoms with Crippen molar-refractivity contribution in [1.29, 1.82) is 0 Å². The van der Waals surface area contributed by atoms with Gasteiger partial charge in [-0.2, -0.15) is 5.10 Å². The van der Waals surface area contributed by atoms with Gasteiger partial charge in [0.15, 0.2) is 0 Å². The van der Waals surface area contributed by atoms with E-state index < -0.39 is 11.7 Å². The molecule has 1 heterocycles. The number of nitrogens with one attached hydrogen (secondary N) is 2. The summed E-state index contributed by atoms with van der Waals surface area (Å²) in [6.07, 6.45) is 1.36. The predicted molar refractivity (Wildman–Crippen MR) is 92.9 cm³/mol. The molecule has 2 amide bonds. The molecular weight excluding hydrogens is 327 g/mol. The van der Waals surface area contributed by atoms with Gasteiger partial charge in [-0.3, -0.25) is 9.48 Å². The zero-order chi connectivity index (χ0) is 19.3. The van der Waals surface area contributed by atoms with Gasteiger partial charge in [-0.15, -0.1) is 0 Å². The fraction of sp³-hybridized carbons (Fsp3) is 0.588. The van der Waals surface area contributed by atoms with Gasteiger partial charge in [0.1, 0.15) is 11.3 Å². The number of carbonyl (C=O) groups excluding carboxylic acids is 2. The van der Waals surface area contributed by atoms with E-state index in [4.69, 9.17) is 4.74 Å². The van der Waals surface area contributed by atoms with Crippen molar-refractivity contribution in [1.82, 2.24) is 20.4 Å². The number of aromatic nitrogens is 2. The lowest BCUT2D eigenvalue weighted by Gasteiger charge is -2.20. The van der Waals surface area contributed by atoms with Crippen LogP contribution in [0.25, 0.3) is 0 Å². The van der Waals surface area contributed by atoms with Gasteiger partial charge in [0.25, 0.3) is 5.91 Å². The second-order valence-electron chi connectivity index (χ2n) is 7.73. The van der Waals surface area contributed by atoms with Crippen LogP contribution in [-0.2, 0) is 11.3 Å². The van der Waals surface area contributed by atoms with Crippen molar-refractivity contribution in [3.63, 3.8) is 0 Å². The van der Waals surface area contributed by atoms with E-state index in [1.165, 1.54) is 4.68 Å². The minimum absolute atomic E-state index is 0.0191. The van der Waals surface area contributed by atoms with Crippen LogP contribution in [0.1, 0.15) is 52.0 Å². The SMILES string of the molecule is CC(C)(C)NC(=O)c1ccn(CC(=CF)CNC(=O)OC(C)(C)C)n1. The number of carbonyl (C=O) groups is 2. The molecule has 0 unspecified atom stereocenters. The molecule has 0 atom stereocenters. The van der Waals surface area contributed by atoms with Gasteiger partial charge in [0.2, 0.25) is 0 Å². The van der Waals surface area contributed by atoms with Crippen molar-refractivity contribution in [2.24, 2.45) is 0 Å². The first-order chi connectivity index (χ1) is 11.4. The molecule has 8 heteroatoms. The van der Waals surface area contributed by atoms with E-state index in [2.05, 4.69) is 15.7 Å². The number of nitrogens with zero attached hydrogens (tertiary/aromatic N) is 2. The third kappa shape index (κ3) is 8.32. The molecule has 0 aliphatic rings. The molecule has 0 saturated carbocycles. The molecule has 0 radical (unpaired) electrons. The molecule has 1 aromatic heterocycles. The number of hydrogen-bond donors (Lipinski definition) is 2. The Labute approximate surface area is 147 Å². The van der Waals surface area contributed by atoms with Crippen molar-refractivity contribution >= 4 is 12.0 Å². The van der Waals surface area contributed by atoms with E-state index in [1.54, 1.807) is 33.0 Å². The molecule has 7 nitrogen and oxygen atoms in total. The Kier molecular flexibility index (Phi) is 6.72. The van der Waals surface area contributed by atoms with Crippen LogP contribution in [0.4, 0.5) is 9.18 Å². The predicted octanol–water partition coefficient (Wildman–Crippen LogP) is 2.79. The van der Waals surface area contributed by atoms with Gasteiger partial charge in [0, 0.05) is 18.3 Å². The maximum absolute atomic E-state index is 13.0. The summed E-state index contributed by atoms with van der Waals surface area (Å²) in [7, 11) is 0. The van der Waals surface area contributed by atoms with Crippen LogP contribution in [0.15, 0.2) is 24.2 Å². The highest BCUT2D eigenvalue weighted by Gasteiger charge is 2.18. The molecule has 0 fully saturated rings. The van der Waals surface area contributed by atoms with Crippen molar-refractivity contribution < 1.29 is 18.7 Å².